The second kappa shape index (κ2) is 7.63. The third kappa shape index (κ3) is 3.29. The molecule has 5 nitrogen and oxygen atoms in total. The van der Waals surface area contributed by atoms with Crippen molar-refractivity contribution < 1.29 is 9.53 Å². The molecule has 0 spiro atoms. The SMILES string of the molecule is COc1ccccc1-n1c(S[C@H]2CCCCC2=O)nnc1-c1cccs1. The van der Waals surface area contributed by atoms with E-state index in [1.165, 1.54) is 11.8 Å². The van der Waals surface area contributed by atoms with Crippen molar-refractivity contribution in [1.29, 1.82) is 0 Å². The molecule has 0 radical (unpaired) electrons. The summed E-state index contributed by atoms with van der Waals surface area (Å²) in [7, 11) is 1.66. The maximum atomic E-state index is 12.3. The summed E-state index contributed by atoms with van der Waals surface area (Å²) in [5.74, 6) is 1.84. The van der Waals surface area contributed by atoms with E-state index < -0.39 is 0 Å². The first-order chi connectivity index (χ1) is 12.8. The topological polar surface area (TPSA) is 57.0 Å². The molecule has 134 valence electrons. The fourth-order valence-electron chi connectivity index (χ4n) is 3.15. The number of ketones is 1. The molecule has 1 atom stereocenters. The van der Waals surface area contributed by atoms with E-state index in [1.807, 2.05) is 46.3 Å². The van der Waals surface area contributed by atoms with Crippen molar-refractivity contribution in [1.82, 2.24) is 14.8 Å². The molecule has 2 aromatic heterocycles. The number of rotatable bonds is 5. The molecule has 0 bridgehead atoms. The van der Waals surface area contributed by atoms with Crippen LogP contribution in [0, 0.1) is 0 Å². The highest BCUT2D eigenvalue weighted by Crippen LogP contribution is 2.37. The number of ether oxygens (including phenoxy) is 1. The molecule has 1 aliphatic rings. The Bertz CT molecular complexity index is 905. The van der Waals surface area contributed by atoms with Gasteiger partial charge in [-0.25, -0.2) is 0 Å². The number of nitrogens with zero attached hydrogens (tertiary/aromatic N) is 3. The Hall–Kier alpha value is -2.12. The van der Waals surface area contributed by atoms with E-state index in [4.69, 9.17) is 4.74 Å². The fourth-order valence-corrected chi connectivity index (χ4v) is 5.01. The first-order valence-electron chi connectivity index (χ1n) is 8.60. The molecule has 0 saturated heterocycles. The van der Waals surface area contributed by atoms with Gasteiger partial charge in [-0.05, 0) is 36.4 Å². The number of carbonyl (C=O) groups excluding carboxylic acids is 1. The van der Waals surface area contributed by atoms with Crippen molar-refractivity contribution in [2.45, 2.75) is 36.1 Å². The first-order valence-corrected chi connectivity index (χ1v) is 10.4. The van der Waals surface area contributed by atoms with Gasteiger partial charge >= 0.3 is 0 Å². The minimum Gasteiger partial charge on any atom is -0.495 e. The smallest absolute Gasteiger partial charge is 0.196 e. The van der Waals surface area contributed by atoms with Crippen LogP contribution in [0.3, 0.4) is 0 Å². The summed E-state index contributed by atoms with van der Waals surface area (Å²) in [6.45, 7) is 0. The summed E-state index contributed by atoms with van der Waals surface area (Å²) < 4.78 is 7.57. The van der Waals surface area contributed by atoms with Crippen LogP contribution in [0.25, 0.3) is 16.4 Å². The molecule has 0 N–H and O–H groups in total. The highest BCUT2D eigenvalue weighted by molar-refractivity contribution is 8.00. The normalized spacial score (nSPS) is 17.4. The minimum atomic E-state index is -0.0439. The molecule has 4 rings (SSSR count). The van der Waals surface area contributed by atoms with E-state index in [-0.39, 0.29) is 5.25 Å². The summed E-state index contributed by atoms with van der Waals surface area (Å²) >= 11 is 3.14. The molecule has 0 amide bonds. The largest absolute Gasteiger partial charge is 0.495 e. The number of thiophene rings is 1. The maximum Gasteiger partial charge on any atom is 0.196 e. The Morgan fingerprint density at radius 1 is 1.19 bits per heavy atom. The van der Waals surface area contributed by atoms with Gasteiger partial charge in [0.1, 0.15) is 11.5 Å². The van der Waals surface area contributed by atoms with Gasteiger partial charge in [0.15, 0.2) is 11.0 Å². The molecule has 1 fully saturated rings. The van der Waals surface area contributed by atoms with E-state index in [0.717, 1.165) is 46.6 Å². The molecular weight excluding hydrogens is 366 g/mol. The summed E-state index contributed by atoms with van der Waals surface area (Å²) in [5.41, 5.74) is 0.883. The van der Waals surface area contributed by atoms with Crippen molar-refractivity contribution in [3.8, 4) is 22.1 Å². The van der Waals surface area contributed by atoms with Crippen LogP contribution in [0.1, 0.15) is 25.7 Å². The number of hydrogen-bond acceptors (Lipinski definition) is 6. The van der Waals surface area contributed by atoms with Gasteiger partial charge in [0, 0.05) is 6.42 Å². The Labute approximate surface area is 160 Å². The lowest BCUT2D eigenvalue weighted by molar-refractivity contribution is -0.119. The molecule has 1 saturated carbocycles. The number of carbonyl (C=O) groups is 1. The third-order valence-electron chi connectivity index (χ3n) is 4.45. The van der Waals surface area contributed by atoms with Crippen molar-refractivity contribution in [3.05, 3.63) is 41.8 Å². The van der Waals surface area contributed by atoms with Gasteiger partial charge in [-0.15, -0.1) is 21.5 Å². The predicted molar refractivity (Wildman–Crippen MR) is 104 cm³/mol. The number of aromatic nitrogens is 3. The molecule has 3 aromatic rings. The van der Waals surface area contributed by atoms with Crippen LogP contribution in [0.4, 0.5) is 0 Å². The Kier molecular flexibility index (Phi) is 5.08. The molecule has 0 aliphatic heterocycles. The lowest BCUT2D eigenvalue weighted by atomic mass is 9.99. The Morgan fingerprint density at radius 3 is 2.85 bits per heavy atom. The van der Waals surface area contributed by atoms with Crippen molar-refractivity contribution in [2.75, 3.05) is 7.11 Å². The standard InChI is InChI=1S/C19H19N3O2S2/c1-24-15-9-4-2-7-13(15)22-18(17-11-6-12-25-17)20-21-19(22)26-16-10-5-3-8-14(16)23/h2,4,6-7,9,11-12,16H,3,5,8,10H2,1H3/t16-/m0/s1. The van der Waals surface area contributed by atoms with Gasteiger partial charge in [0.05, 0.1) is 22.9 Å². The summed E-state index contributed by atoms with van der Waals surface area (Å²) in [6, 6.07) is 11.9. The third-order valence-corrected chi connectivity index (χ3v) is 6.57. The molecule has 0 unspecified atom stereocenters. The predicted octanol–water partition coefficient (Wildman–Crippen LogP) is 4.61. The second-order valence-electron chi connectivity index (χ2n) is 6.11. The highest BCUT2D eigenvalue weighted by Gasteiger charge is 2.27. The molecule has 2 heterocycles. The van der Waals surface area contributed by atoms with E-state index >= 15 is 0 Å². The van der Waals surface area contributed by atoms with Gasteiger partial charge in [-0.2, -0.15) is 0 Å². The van der Waals surface area contributed by atoms with Gasteiger partial charge in [0.25, 0.3) is 0 Å². The fraction of sp³-hybridized carbons (Fsp3) is 0.316. The monoisotopic (exact) mass is 385 g/mol. The van der Waals surface area contributed by atoms with Crippen LogP contribution >= 0.6 is 23.1 Å². The average Bonchev–Trinajstić information content (AvgIpc) is 3.33. The van der Waals surface area contributed by atoms with Gasteiger partial charge in [-0.1, -0.05) is 36.4 Å². The van der Waals surface area contributed by atoms with Crippen LogP contribution in [0.2, 0.25) is 0 Å². The Morgan fingerprint density at radius 2 is 2.08 bits per heavy atom. The molecule has 26 heavy (non-hydrogen) atoms. The van der Waals surface area contributed by atoms with Crippen LogP contribution in [0.5, 0.6) is 5.75 Å². The average molecular weight is 386 g/mol. The van der Waals surface area contributed by atoms with E-state index in [1.54, 1.807) is 18.4 Å². The lowest BCUT2D eigenvalue weighted by Gasteiger charge is -2.20. The van der Waals surface area contributed by atoms with E-state index in [2.05, 4.69) is 10.2 Å². The Balaban J connectivity index is 1.81. The maximum absolute atomic E-state index is 12.3. The zero-order valence-corrected chi connectivity index (χ0v) is 16.1. The van der Waals surface area contributed by atoms with Gasteiger partial charge < -0.3 is 4.74 Å². The number of methoxy groups -OCH3 is 1. The summed E-state index contributed by atoms with van der Waals surface area (Å²) in [4.78, 5) is 13.3. The van der Waals surface area contributed by atoms with Gasteiger partial charge in [-0.3, -0.25) is 9.36 Å². The van der Waals surface area contributed by atoms with Crippen molar-refractivity contribution >= 4 is 28.9 Å². The number of Topliss-reactive ketones (excluding diaryl/α,β-unsaturated/α-hetero) is 1. The minimum absolute atomic E-state index is 0.0439. The molecule has 1 aliphatic carbocycles. The number of benzene rings is 1. The summed E-state index contributed by atoms with van der Waals surface area (Å²) in [5, 5.41) is 11.6. The van der Waals surface area contributed by atoms with Crippen molar-refractivity contribution in [2.24, 2.45) is 0 Å². The number of hydrogen-bond donors (Lipinski definition) is 0. The van der Waals surface area contributed by atoms with E-state index in [0.29, 0.717) is 12.2 Å². The quantitative estimate of drug-likeness (QED) is 0.642. The lowest BCUT2D eigenvalue weighted by Crippen LogP contribution is -2.21. The number of para-hydroxylation sites is 2. The van der Waals surface area contributed by atoms with Crippen LogP contribution < -0.4 is 4.74 Å². The molecule has 7 heteroatoms. The first kappa shape index (κ1) is 17.3. The van der Waals surface area contributed by atoms with Crippen LogP contribution in [-0.2, 0) is 4.79 Å². The van der Waals surface area contributed by atoms with Gasteiger partial charge in [0.2, 0.25) is 0 Å². The number of thioether (sulfide) groups is 1. The van der Waals surface area contributed by atoms with Crippen LogP contribution in [-0.4, -0.2) is 32.9 Å². The summed E-state index contributed by atoms with van der Waals surface area (Å²) in [6.07, 6.45) is 3.65. The van der Waals surface area contributed by atoms with E-state index in [9.17, 15) is 4.79 Å². The molecular formula is C19H19N3O2S2. The zero-order chi connectivity index (χ0) is 17.9. The molecule has 1 aromatic carbocycles. The highest BCUT2D eigenvalue weighted by atomic mass is 32.2. The second-order valence-corrected chi connectivity index (χ2v) is 8.23. The zero-order valence-electron chi connectivity index (χ0n) is 14.4. The van der Waals surface area contributed by atoms with Crippen LogP contribution in [0.15, 0.2) is 46.9 Å². The van der Waals surface area contributed by atoms with Crippen molar-refractivity contribution in [3.63, 3.8) is 0 Å².